The molecule has 3 N–H and O–H groups in total. The van der Waals surface area contributed by atoms with E-state index in [-0.39, 0.29) is 17.5 Å². The molecule has 1 amide bonds. The lowest BCUT2D eigenvalue weighted by Gasteiger charge is -2.39. The number of rotatable bonds is 7. The van der Waals surface area contributed by atoms with Crippen LogP contribution in [0, 0.1) is 0 Å². The molecule has 3 aromatic carbocycles. The van der Waals surface area contributed by atoms with Gasteiger partial charge >= 0.3 is 6.18 Å². The number of alkyl halides is 3. The summed E-state index contributed by atoms with van der Waals surface area (Å²) in [5, 5.41) is 7.71. The molecule has 10 heteroatoms. The van der Waals surface area contributed by atoms with Crippen LogP contribution in [-0.4, -0.2) is 26.8 Å². The number of carbonyl (C=O) groups excluding carboxylic acids is 1. The Morgan fingerprint density at radius 1 is 1.05 bits per heavy atom. The number of aromatic nitrogens is 2. The van der Waals surface area contributed by atoms with Gasteiger partial charge in [-0.05, 0) is 49.4 Å². The summed E-state index contributed by atoms with van der Waals surface area (Å²) in [6.07, 6.45) is -0.398. The molecule has 1 fully saturated rings. The maximum absolute atomic E-state index is 13.6. The summed E-state index contributed by atoms with van der Waals surface area (Å²) in [4.78, 5) is 19.6. The summed E-state index contributed by atoms with van der Waals surface area (Å²) < 4.78 is 46.8. The van der Waals surface area contributed by atoms with Gasteiger partial charge in [-0.15, -0.1) is 0 Å². The molecular formula is C32H29F3N4O2S. The fourth-order valence-electron chi connectivity index (χ4n) is 5.60. The quantitative estimate of drug-likeness (QED) is 0.116. The van der Waals surface area contributed by atoms with E-state index in [9.17, 15) is 18.0 Å². The van der Waals surface area contributed by atoms with Crippen LogP contribution in [0.3, 0.4) is 0 Å². The fourth-order valence-corrected chi connectivity index (χ4v) is 6.10. The predicted molar refractivity (Wildman–Crippen MR) is 161 cm³/mol. The molecule has 5 aromatic rings. The Labute approximate surface area is 246 Å². The fraction of sp³-hybridized carbons (Fsp3) is 0.250. The first-order chi connectivity index (χ1) is 20.2. The Bertz CT molecular complexity index is 1740. The number of pyridine rings is 1. The number of aromatic amines is 1. The predicted octanol–water partition coefficient (Wildman–Crippen LogP) is 7.72. The lowest BCUT2D eigenvalue weighted by atomic mass is 9.89. The number of H-pyrrole nitrogens is 1. The van der Waals surface area contributed by atoms with Crippen molar-refractivity contribution in [3.63, 3.8) is 0 Å². The number of fused-ring (bicyclic) bond motifs is 2. The second kappa shape index (κ2) is 11.2. The van der Waals surface area contributed by atoms with E-state index in [0.29, 0.717) is 41.8 Å². The van der Waals surface area contributed by atoms with Gasteiger partial charge in [-0.3, -0.25) is 4.79 Å². The molecule has 0 saturated heterocycles. The third-order valence-corrected chi connectivity index (χ3v) is 8.11. The van der Waals surface area contributed by atoms with Crippen molar-refractivity contribution in [1.82, 2.24) is 15.3 Å². The molecule has 1 aliphatic carbocycles. The molecule has 0 bridgehead atoms. The van der Waals surface area contributed by atoms with Crippen molar-refractivity contribution in [1.29, 1.82) is 0 Å². The number of thiol groups is 1. The van der Waals surface area contributed by atoms with Crippen molar-refractivity contribution in [2.45, 2.75) is 49.4 Å². The number of nitrogens with zero attached hydrogens (tertiary/aromatic N) is 1. The lowest BCUT2D eigenvalue weighted by Crippen LogP contribution is -2.46. The molecule has 0 unspecified atom stereocenters. The minimum Gasteiger partial charge on any atom is -0.487 e. The summed E-state index contributed by atoms with van der Waals surface area (Å²) in [6, 6.07) is 22.9. The van der Waals surface area contributed by atoms with E-state index in [1.807, 2.05) is 48.5 Å². The second-order valence-corrected chi connectivity index (χ2v) is 11.5. The number of anilines is 1. The minimum absolute atomic E-state index is 0.228. The molecule has 0 aliphatic heterocycles. The van der Waals surface area contributed by atoms with Crippen molar-refractivity contribution >= 4 is 46.0 Å². The molecule has 1 aliphatic rings. The van der Waals surface area contributed by atoms with Gasteiger partial charge in [-0.1, -0.05) is 60.7 Å². The summed E-state index contributed by atoms with van der Waals surface area (Å²) in [5.74, 6) is 0.409. The van der Waals surface area contributed by atoms with Crippen LogP contribution in [0.25, 0.3) is 21.8 Å². The minimum atomic E-state index is -4.58. The standard InChI is InChI=1S/C32H29F3N4O2S/c33-32(34,35)28-16-26(23-11-4-5-13-25(23)38-28)39-31(42)15-7-10-21(17-31)37-30(40)24-18-36-29-22(24)12-6-14-27(29)41-19-20-8-2-1-3-9-20/h1-6,8-9,11-14,16,18,21,36,42H,7,10,15,17,19H2,(H,37,40)(H,38,39)/t21-,31+/m1/s1. The van der Waals surface area contributed by atoms with Gasteiger partial charge in [0.1, 0.15) is 18.1 Å². The smallest absolute Gasteiger partial charge is 0.433 e. The highest BCUT2D eigenvalue weighted by Crippen LogP contribution is 2.39. The van der Waals surface area contributed by atoms with E-state index < -0.39 is 16.7 Å². The zero-order chi connectivity index (χ0) is 29.3. The molecule has 0 radical (unpaired) electrons. The maximum atomic E-state index is 13.6. The average Bonchev–Trinajstić information content (AvgIpc) is 3.41. The normalized spacial score (nSPS) is 19.1. The Morgan fingerprint density at radius 3 is 2.62 bits per heavy atom. The Hall–Kier alpha value is -4.18. The van der Waals surface area contributed by atoms with Gasteiger partial charge in [0.2, 0.25) is 0 Å². The van der Waals surface area contributed by atoms with Crippen molar-refractivity contribution < 1.29 is 22.7 Å². The molecule has 2 aromatic heterocycles. The van der Waals surface area contributed by atoms with Crippen LogP contribution >= 0.6 is 12.6 Å². The third kappa shape index (κ3) is 5.90. The Morgan fingerprint density at radius 2 is 1.81 bits per heavy atom. The van der Waals surface area contributed by atoms with Crippen LogP contribution < -0.4 is 15.4 Å². The first-order valence-electron chi connectivity index (χ1n) is 13.7. The van der Waals surface area contributed by atoms with E-state index in [0.717, 1.165) is 35.4 Å². The summed E-state index contributed by atoms with van der Waals surface area (Å²) in [7, 11) is 0. The monoisotopic (exact) mass is 590 g/mol. The van der Waals surface area contributed by atoms with E-state index in [1.54, 1.807) is 30.5 Å². The number of nitrogens with one attached hydrogen (secondary N) is 3. The number of hydrogen-bond donors (Lipinski definition) is 4. The van der Waals surface area contributed by atoms with Crippen molar-refractivity contribution in [3.05, 3.63) is 102 Å². The Kier molecular flexibility index (Phi) is 7.49. The first-order valence-corrected chi connectivity index (χ1v) is 14.2. The topological polar surface area (TPSA) is 79.0 Å². The average molecular weight is 591 g/mol. The van der Waals surface area contributed by atoms with Gasteiger partial charge in [0.15, 0.2) is 0 Å². The van der Waals surface area contributed by atoms with Crippen molar-refractivity contribution in [2.24, 2.45) is 0 Å². The zero-order valence-corrected chi connectivity index (χ0v) is 23.4. The molecule has 0 spiro atoms. The summed E-state index contributed by atoms with van der Waals surface area (Å²) in [5.41, 5.74) is 1.86. The third-order valence-electron chi connectivity index (χ3n) is 7.60. The van der Waals surface area contributed by atoms with Gasteiger partial charge in [0, 0.05) is 28.7 Å². The van der Waals surface area contributed by atoms with Crippen LogP contribution in [-0.2, 0) is 12.8 Å². The highest BCUT2D eigenvalue weighted by Gasteiger charge is 2.37. The molecule has 42 heavy (non-hydrogen) atoms. The van der Waals surface area contributed by atoms with Gasteiger partial charge in [-0.25, -0.2) is 4.98 Å². The van der Waals surface area contributed by atoms with Gasteiger partial charge in [0.25, 0.3) is 5.91 Å². The number of amides is 1. The van der Waals surface area contributed by atoms with Crippen LogP contribution in [0.2, 0.25) is 0 Å². The molecule has 2 heterocycles. The summed E-state index contributed by atoms with van der Waals surface area (Å²) in [6.45, 7) is 0.400. The van der Waals surface area contributed by atoms with E-state index in [1.165, 1.54) is 0 Å². The highest BCUT2D eigenvalue weighted by atomic mass is 32.1. The number of carbonyl (C=O) groups is 1. The van der Waals surface area contributed by atoms with Crippen LogP contribution in [0.15, 0.2) is 85.1 Å². The van der Waals surface area contributed by atoms with Crippen molar-refractivity contribution in [2.75, 3.05) is 5.32 Å². The number of halogens is 3. The highest BCUT2D eigenvalue weighted by molar-refractivity contribution is 7.82. The number of ether oxygens (including phenoxy) is 1. The SMILES string of the molecule is O=C(N[C@@H]1CCC[C@@](S)(Nc2cc(C(F)(F)F)nc3ccccc23)C1)c1c[nH]c2c(OCc3ccccc3)cccc12. The molecule has 1 saturated carbocycles. The van der Waals surface area contributed by atoms with E-state index in [4.69, 9.17) is 17.4 Å². The van der Waals surface area contributed by atoms with Gasteiger partial charge < -0.3 is 20.4 Å². The lowest BCUT2D eigenvalue weighted by molar-refractivity contribution is -0.140. The molecule has 6 rings (SSSR count). The molecule has 6 nitrogen and oxygen atoms in total. The van der Waals surface area contributed by atoms with E-state index in [2.05, 4.69) is 20.6 Å². The van der Waals surface area contributed by atoms with Crippen LogP contribution in [0.5, 0.6) is 5.75 Å². The van der Waals surface area contributed by atoms with Crippen molar-refractivity contribution in [3.8, 4) is 5.75 Å². The molecular weight excluding hydrogens is 561 g/mol. The number of hydrogen-bond acceptors (Lipinski definition) is 5. The van der Waals surface area contributed by atoms with Crippen LogP contribution in [0.4, 0.5) is 18.9 Å². The second-order valence-electron chi connectivity index (χ2n) is 10.6. The van der Waals surface area contributed by atoms with Crippen LogP contribution in [0.1, 0.15) is 47.3 Å². The van der Waals surface area contributed by atoms with Gasteiger partial charge in [-0.2, -0.15) is 25.8 Å². The number of para-hydroxylation sites is 2. The molecule has 216 valence electrons. The maximum Gasteiger partial charge on any atom is 0.433 e. The largest absolute Gasteiger partial charge is 0.487 e. The Balaban J connectivity index is 1.18. The number of benzene rings is 3. The first kappa shape index (κ1) is 28.0. The summed E-state index contributed by atoms with van der Waals surface area (Å²) >= 11 is 4.89. The van der Waals surface area contributed by atoms with Gasteiger partial charge in [0.05, 0.1) is 21.5 Å². The zero-order valence-electron chi connectivity index (χ0n) is 22.5. The molecule has 2 atom stereocenters. The van der Waals surface area contributed by atoms with E-state index >= 15 is 0 Å².